The molecule has 0 radical (unpaired) electrons. The minimum absolute atomic E-state index is 0.156. The van der Waals surface area contributed by atoms with Gasteiger partial charge in [-0.05, 0) is 49.4 Å². The van der Waals surface area contributed by atoms with Crippen molar-refractivity contribution in [1.82, 2.24) is 4.98 Å². The maximum Gasteiger partial charge on any atom is 0.191 e. The van der Waals surface area contributed by atoms with Crippen molar-refractivity contribution in [3.63, 3.8) is 0 Å². The summed E-state index contributed by atoms with van der Waals surface area (Å²) in [5.41, 5.74) is 3.20. The normalized spacial score (nSPS) is 21.5. The van der Waals surface area contributed by atoms with Gasteiger partial charge in [0.1, 0.15) is 12.1 Å². The van der Waals surface area contributed by atoms with Crippen LogP contribution in [0.25, 0.3) is 0 Å². The molecule has 0 amide bonds. The van der Waals surface area contributed by atoms with Crippen LogP contribution in [0.15, 0.2) is 53.7 Å². The Morgan fingerprint density at radius 3 is 2.46 bits per heavy atom. The summed E-state index contributed by atoms with van der Waals surface area (Å²) < 4.78 is 5.94. The average molecular weight is 322 g/mol. The molecule has 0 saturated heterocycles. The summed E-state index contributed by atoms with van der Waals surface area (Å²) in [5, 5.41) is 0. The Kier molecular flexibility index (Phi) is 4.70. The topological polar surface area (TPSA) is 34.5 Å². The molecule has 1 aromatic carbocycles. The Morgan fingerprint density at radius 2 is 1.83 bits per heavy atom. The van der Waals surface area contributed by atoms with E-state index in [1.807, 2.05) is 24.4 Å². The molecular formula is C21H26N2O. The average Bonchev–Trinajstić information content (AvgIpc) is 2.99. The summed E-state index contributed by atoms with van der Waals surface area (Å²) in [6.07, 6.45) is 2.93. The molecule has 0 unspecified atom stereocenters. The third kappa shape index (κ3) is 3.50. The van der Waals surface area contributed by atoms with E-state index in [0.29, 0.717) is 12.5 Å². The van der Waals surface area contributed by atoms with Crippen molar-refractivity contribution >= 4 is 5.90 Å². The van der Waals surface area contributed by atoms with Crippen LogP contribution in [0.5, 0.6) is 0 Å². The second kappa shape index (κ2) is 6.76. The first-order chi connectivity index (χ1) is 11.5. The summed E-state index contributed by atoms with van der Waals surface area (Å²) >= 11 is 0. The predicted octanol–water partition coefficient (Wildman–Crippen LogP) is 4.73. The summed E-state index contributed by atoms with van der Waals surface area (Å²) in [4.78, 5) is 9.32. The van der Waals surface area contributed by atoms with Gasteiger partial charge >= 0.3 is 0 Å². The molecule has 0 aliphatic carbocycles. The van der Waals surface area contributed by atoms with E-state index in [1.54, 1.807) is 0 Å². The maximum atomic E-state index is 5.94. The van der Waals surface area contributed by atoms with Crippen LogP contribution in [-0.4, -0.2) is 17.5 Å². The van der Waals surface area contributed by atoms with Crippen LogP contribution in [0.4, 0.5) is 0 Å². The fraction of sp³-hybridized carbons (Fsp3) is 0.429. The molecule has 0 bridgehead atoms. The zero-order valence-electron chi connectivity index (χ0n) is 15.0. The van der Waals surface area contributed by atoms with Gasteiger partial charge in [0, 0.05) is 6.20 Å². The second-order valence-electron chi connectivity index (χ2n) is 7.29. The Bertz CT molecular complexity index is 706. The molecule has 0 N–H and O–H groups in total. The number of aliphatic imine (C=N–C) groups is 1. The van der Waals surface area contributed by atoms with E-state index in [-0.39, 0.29) is 11.5 Å². The number of pyridine rings is 1. The minimum Gasteiger partial charge on any atom is -0.478 e. The molecule has 2 atom stereocenters. The molecule has 0 spiro atoms. The number of hydrogen-bond donors (Lipinski definition) is 0. The molecule has 126 valence electrons. The number of aromatic nitrogens is 1. The van der Waals surface area contributed by atoms with E-state index >= 15 is 0 Å². The number of benzene rings is 1. The highest BCUT2D eigenvalue weighted by atomic mass is 16.5. The molecule has 0 saturated carbocycles. The highest BCUT2D eigenvalue weighted by molar-refractivity contribution is 5.85. The van der Waals surface area contributed by atoms with E-state index < -0.39 is 0 Å². The first-order valence-electron chi connectivity index (χ1n) is 8.71. The first kappa shape index (κ1) is 16.7. The van der Waals surface area contributed by atoms with Crippen molar-refractivity contribution in [2.75, 3.05) is 6.61 Å². The Balaban J connectivity index is 1.78. The van der Waals surface area contributed by atoms with Crippen LogP contribution in [0.3, 0.4) is 0 Å². The molecule has 2 aromatic rings. The molecule has 3 heteroatoms. The van der Waals surface area contributed by atoms with Gasteiger partial charge < -0.3 is 4.74 Å². The number of rotatable bonds is 5. The van der Waals surface area contributed by atoms with E-state index in [1.165, 1.54) is 11.1 Å². The third-order valence-corrected chi connectivity index (χ3v) is 4.57. The van der Waals surface area contributed by atoms with Crippen molar-refractivity contribution < 1.29 is 4.74 Å². The summed E-state index contributed by atoms with van der Waals surface area (Å²) in [7, 11) is 0. The van der Waals surface area contributed by atoms with Gasteiger partial charge in [-0.25, -0.2) is 4.99 Å². The number of hydrogen-bond acceptors (Lipinski definition) is 3. The summed E-state index contributed by atoms with van der Waals surface area (Å²) in [5.74, 6) is 1.64. The van der Waals surface area contributed by atoms with Crippen molar-refractivity contribution in [3.8, 4) is 0 Å². The van der Waals surface area contributed by atoms with E-state index in [4.69, 9.17) is 9.73 Å². The van der Waals surface area contributed by atoms with Crippen molar-refractivity contribution in [3.05, 3.63) is 65.5 Å². The lowest BCUT2D eigenvalue weighted by molar-refractivity contribution is 0.259. The van der Waals surface area contributed by atoms with Gasteiger partial charge in [0.15, 0.2) is 5.90 Å². The lowest BCUT2D eigenvalue weighted by Crippen LogP contribution is -2.21. The summed E-state index contributed by atoms with van der Waals surface area (Å²) in [6, 6.07) is 14.8. The van der Waals surface area contributed by atoms with Crippen molar-refractivity contribution in [2.45, 2.75) is 45.6 Å². The van der Waals surface area contributed by atoms with E-state index in [0.717, 1.165) is 18.0 Å². The van der Waals surface area contributed by atoms with Crippen LogP contribution in [0.2, 0.25) is 0 Å². The molecule has 3 rings (SSSR count). The van der Waals surface area contributed by atoms with Gasteiger partial charge in [0.2, 0.25) is 0 Å². The molecule has 1 aliphatic heterocycles. The molecule has 1 aliphatic rings. The SMILES string of the molecule is CC(C)Cc1ccc([C@H](C)C2=N[C@](C)(c3ccccn3)CO2)cc1. The van der Waals surface area contributed by atoms with Crippen molar-refractivity contribution in [1.29, 1.82) is 0 Å². The van der Waals surface area contributed by atoms with Gasteiger partial charge in [-0.1, -0.05) is 44.2 Å². The lowest BCUT2D eigenvalue weighted by atomic mass is 9.96. The highest BCUT2D eigenvalue weighted by Crippen LogP contribution is 2.33. The zero-order chi connectivity index (χ0) is 17.2. The molecule has 3 nitrogen and oxygen atoms in total. The van der Waals surface area contributed by atoms with Gasteiger partial charge in [-0.3, -0.25) is 4.98 Å². The molecule has 2 heterocycles. The van der Waals surface area contributed by atoms with Crippen LogP contribution in [0.1, 0.15) is 50.4 Å². The fourth-order valence-electron chi connectivity index (χ4n) is 3.11. The minimum atomic E-state index is -0.386. The number of ether oxygens (including phenoxy) is 1. The second-order valence-corrected chi connectivity index (χ2v) is 7.29. The fourth-order valence-corrected chi connectivity index (χ4v) is 3.11. The van der Waals surface area contributed by atoms with Crippen molar-refractivity contribution in [2.24, 2.45) is 10.9 Å². The first-order valence-corrected chi connectivity index (χ1v) is 8.71. The third-order valence-electron chi connectivity index (χ3n) is 4.57. The van der Waals surface area contributed by atoms with Gasteiger partial charge in [-0.2, -0.15) is 0 Å². The maximum absolute atomic E-state index is 5.94. The Hall–Kier alpha value is -2.16. The highest BCUT2D eigenvalue weighted by Gasteiger charge is 2.36. The zero-order valence-corrected chi connectivity index (χ0v) is 15.0. The quantitative estimate of drug-likeness (QED) is 0.797. The summed E-state index contributed by atoms with van der Waals surface area (Å²) in [6.45, 7) is 9.28. The largest absolute Gasteiger partial charge is 0.478 e. The van der Waals surface area contributed by atoms with Crippen LogP contribution < -0.4 is 0 Å². The Morgan fingerprint density at radius 1 is 1.08 bits per heavy atom. The smallest absolute Gasteiger partial charge is 0.191 e. The predicted molar refractivity (Wildman–Crippen MR) is 98.4 cm³/mol. The monoisotopic (exact) mass is 322 g/mol. The standard InChI is InChI=1S/C21H26N2O/c1-15(2)13-17-8-10-18(11-9-17)16(3)20-23-21(4,14-24-20)19-7-5-6-12-22-19/h5-12,15-16H,13-14H2,1-4H3/t16-,21-/m0/s1. The lowest BCUT2D eigenvalue weighted by Gasteiger charge is -2.16. The van der Waals surface area contributed by atoms with Gasteiger partial charge in [0.05, 0.1) is 11.6 Å². The van der Waals surface area contributed by atoms with Gasteiger partial charge in [0.25, 0.3) is 0 Å². The molecular weight excluding hydrogens is 296 g/mol. The van der Waals surface area contributed by atoms with Gasteiger partial charge in [-0.15, -0.1) is 0 Å². The van der Waals surface area contributed by atoms with E-state index in [2.05, 4.69) is 56.9 Å². The molecule has 0 fully saturated rings. The van der Waals surface area contributed by atoms with Crippen LogP contribution in [-0.2, 0) is 16.7 Å². The van der Waals surface area contributed by atoms with Crippen LogP contribution >= 0.6 is 0 Å². The number of nitrogens with zero attached hydrogens (tertiary/aromatic N) is 2. The van der Waals surface area contributed by atoms with E-state index in [9.17, 15) is 0 Å². The van der Waals surface area contributed by atoms with Crippen LogP contribution in [0, 0.1) is 5.92 Å². The molecule has 1 aromatic heterocycles. The molecule has 24 heavy (non-hydrogen) atoms. The Labute approximate surface area is 144 Å².